The van der Waals surface area contributed by atoms with Crippen LogP contribution in [-0.2, 0) is 21.9 Å². The van der Waals surface area contributed by atoms with Crippen molar-refractivity contribution >= 4 is 31.9 Å². The molecular weight excluding hydrogens is 314 g/mol. The summed E-state index contributed by atoms with van der Waals surface area (Å²) in [4.78, 5) is 11.0. The number of sulfonamides is 1. The van der Waals surface area contributed by atoms with E-state index in [1.54, 1.807) is 0 Å². The van der Waals surface area contributed by atoms with Gasteiger partial charge >= 0.3 is 0 Å². The zero-order chi connectivity index (χ0) is 12.6. The van der Waals surface area contributed by atoms with Crippen molar-refractivity contribution in [3.05, 3.63) is 4.60 Å². The van der Waals surface area contributed by atoms with E-state index in [1.807, 2.05) is 0 Å². The van der Waals surface area contributed by atoms with Gasteiger partial charge in [-0.25, -0.2) is 17.8 Å². The standard InChI is InChI=1S/C7H10BrN5O3S/c1-13-7(6(8)10-12-13)17(15,16)11-4-2-5(14)9-3-4/h4,11H,2-3H2,1H3,(H,9,14). The molecule has 1 aliphatic heterocycles. The van der Waals surface area contributed by atoms with Crippen molar-refractivity contribution in [2.45, 2.75) is 17.5 Å². The molecule has 0 aliphatic carbocycles. The molecule has 1 aliphatic rings. The van der Waals surface area contributed by atoms with Crippen molar-refractivity contribution in [1.29, 1.82) is 0 Å². The molecule has 10 heteroatoms. The van der Waals surface area contributed by atoms with Crippen molar-refractivity contribution in [2.75, 3.05) is 6.54 Å². The summed E-state index contributed by atoms with van der Waals surface area (Å²) in [6, 6.07) is -0.436. The highest BCUT2D eigenvalue weighted by atomic mass is 79.9. The monoisotopic (exact) mass is 323 g/mol. The van der Waals surface area contributed by atoms with Gasteiger partial charge in [0.1, 0.15) is 0 Å². The number of amides is 1. The lowest BCUT2D eigenvalue weighted by atomic mass is 10.3. The number of aryl methyl sites for hydroxylation is 1. The average Bonchev–Trinajstić information content (AvgIpc) is 2.73. The summed E-state index contributed by atoms with van der Waals surface area (Å²) in [6.45, 7) is 0.293. The lowest BCUT2D eigenvalue weighted by Crippen LogP contribution is -2.37. The molecule has 0 saturated carbocycles. The Morgan fingerprint density at radius 3 is 2.76 bits per heavy atom. The molecule has 0 spiro atoms. The first kappa shape index (κ1) is 12.5. The number of carbonyl (C=O) groups is 1. The highest BCUT2D eigenvalue weighted by Crippen LogP contribution is 2.18. The molecule has 17 heavy (non-hydrogen) atoms. The van der Waals surface area contributed by atoms with E-state index in [0.717, 1.165) is 4.68 Å². The fraction of sp³-hybridized carbons (Fsp3) is 0.571. The van der Waals surface area contributed by atoms with E-state index in [-0.39, 0.29) is 22.0 Å². The summed E-state index contributed by atoms with van der Waals surface area (Å²) in [6.07, 6.45) is 0.141. The Hall–Kier alpha value is -1.00. The molecule has 1 unspecified atom stereocenters. The maximum absolute atomic E-state index is 12.0. The lowest BCUT2D eigenvalue weighted by molar-refractivity contribution is -0.119. The van der Waals surface area contributed by atoms with Gasteiger partial charge in [-0.1, -0.05) is 5.21 Å². The molecule has 1 amide bonds. The van der Waals surface area contributed by atoms with Crippen LogP contribution in [0.3, 0.4) is 0 Å². The highest BCUT2D eigenvalue weighted by molar-refractivity contribution is 9.10. The van der Waals surface area contributed by atoms with Crippen LogP contribution in [0.15, 0.2) is 9.63 Å². The van der Waals surface area contributed by atoms with Crippen LogP contribution in [0.4, 0.5) is 0 Å². The molecule has 0 radical (unpaired) electrons. The van der Waals surface area contributed by atoms with Gasteiger partial charge in [0.2, 0.25) is 10.9 Å². The van der Waals surface area contributed by atoms with Crippen molar-refractivity contribution in [3.8, 4) is 0 Å². The van der Waals surface area contributed by atoms with Gasteiger partial charge in [0.05, 0.1) is 0 Å². The number of nitrogens with zero attached hydrogens (tertiary/aromatic N) is 3. The first-order chi connectivity index (χ1) is 7.90. The van der Waals surface area contributed by atoms with Crippen LogP contribution in [0, 0.1) is 0 Å². The lowest BCUT2D eigenvalue weighted by Gasteiger charge is -2.10. The minimum Gasteiger partial charge on any atom is -0.354 e. The summed E-state index contributed by atoms with van der Waals surface area (Å²) < 4.78 is 27.8. The largest absolute Gasteiger partial charge is 0.354 e. The minimum atomic E-state index is -3.74. The molecule has 2 rings (SSSR count). The number of halogens is 1. The van der Waals surface area contributed by atoms with Crippen molar-refractivity contribution in [1.82, 2.24) is 25.0 Å². The van der Waals surface area contributed by atoms with Gasteiger partial charge < -0.3 is 5.32 Å². The van der Waals surface area contributed by atoms with E-state index in [0.29, 0.717) is 6.54 Å². The molecule has 1 fully saturated rings. The third kappa shape index (κ3) is 2.48. The molecule has 1 aromatic heterocycles. The van der Waals surface area contributed by atoms with Gasteiger partial charge in [0, 0.05) is 26.1 Å². The fourth-order valence-corrected chi connectivity index (χ4v) is 3.90. The molecule has 1 saturated heterocycles. The second-order valence-corrected chi connectivity index (χ2v) is 6.02. The summed E-state index contributed by atoms with van der Waals surface area (Å²) >= 11 is 3.02. The Bertz CT molecular complexity index is 534. The van der Waals surface area contributed by atoms with Gasteiger partial charge in [0.25, 0.3) is 10.0 Å². The Balaban J connectivity index is 2.23. The second-order valence-electron chi connectivity index (χ2n) is 3.64. The molecule has 2 heterocycles. The van der Waals surface area contributed by atoms with Crippen molar-refractivity contribution in [3.63, 3.8) is 0 Å². The number of hydrogen-bond donors (Lipinski definition) is 2. The first-order valence-electron chi connectivity index (χ1n) is 4.74. The molecule has 2 N–H and O–H groups in total. The van der Waals surface area contributed by atoms with Gasteiger partial charge in [-0.2, -0.15) is 0 Å². The van der Waals surface area contributed by atoms with Gasteiger partial charge in [-0.3, -0.25) is 4.79 Å². The Morgan fingerprint density at radius 1 is 1.59 bits per heavy atom. The van der Waals surface area contributed by atoms with E-state index < -0.39 is 16.1 Å². The third-order valence-electron chi connectivity index (χ3n) is 2.29. The third-order valence-corrected chi connectivity index (χ3v) is 4.70. The number of rotatable bonds is 3. The molecule has 1 aromatic rings. The maximum atomic E-state index is 12.0. The van der Waals surface area contributed by atoms with Crippen LogP contribution in [-0.4, -0.2) is 41.9 Å². The van der Waals surface area contributed by atoms with Crippen molar-refractivity contribution < 1.29 is 13.2 Å². The van der Waals surface area contributed by atoms with E-state index in [4.69, 9.17) is 0 Å². The fourth-order valence-electron chi connectivity index (χ4n) is 1.57. The summed E-state index contributed by atoms with van der Waals surface area (Å²) in [7, 11) is -2.26. The topological polar surface area (TPSA) is 106 Å². The van der Waals surface area contributed by atoms with Gasteiger partial charge in [-0.05, 0) is 15.9 Å². The van der Waals surface area contributed by atoms with Crippen LogP contribution in [0.1, 0.15) is 6.42 Å². The predicted octanol–water partition coefficient (Wildman–Crippen LogP) is -1.26. The van der Waals surface area contributed by atoms with Crippen LogP contribution in [0.5, 0.6) is 0 Å². The molecule has 0 bridgehead atoms. The van der Waals surface area contributed by atoms with Gasteiger partial charge in [-0.15, -0.1) is 5.10 Å². The van der Waals surface area contributed by atoms with Crippen LogP contribution >= 0.6 is 15.9 Å². The molecule has 1 atom stereocenters. The zero-order valence-electron chi connectivity index (χ0n) is 8.84. The molecular formula is C7H10BrN5O3S. The van der Waals surface area contributed by atoms with E-state index in [9.17, 15) is 13.2 Å². The Labute approximate surface area is 106 Å². The highest BCUT2D eigenvalue weighted by Gasteiger charge is 2.30. The smallest absolute Gasteiger partial charge is 0.260 e. The van der Waals surface area contributed by atoms with E-state index >= 15 is 0 Å². The molecule has 94 valence electrons. The zero-order valence-corrected chi connectivity index (χ0v) is 11.2. The van der Waals surface area contributed by atoms with Crippen molar-refractivity contribution in [2.24, 2.45) is 7.05 Å². The summed E-state index contributed by atoms with van der Waals surface area (Å²) in [5, 5.41) is 9.68. The SMILES string of the molecule is Cn1nnc(Br)c1S(=O)(=O)NC1CNC(=O)C1. The molecule has 8 nitrogen and oxygen atoms in total. The second kappa shape index (κ2) is 4.35. The summed E-state index contributed by atoms with van der Waals surface area (Å²) in [5.41, 5.74) is 0. The Kier molecular flexibility index (Phi) is 3.19. The number of carbonyl (C=O) groups excluding carboxylic acids is 1. The quantitative estimate of drug-likeness (QED) is 0.722. The average molecular weight is 324 g/mol. The first-order valence-corrected chi connectivity index (χ1v) is 7.02. The van der Waals surface area contributed by atoms with Gasteiger partial charge in [0.15, 0.2) is 4.60 Å². The predicted molar refractivity (Wildman–Crippen MR) is 60.4 cm³/mol. The van der Waals surface area contributed by atoms with Crippen LogP contribution in [0.25, 0.3) is 0 Å². The van der Waals surface area contributed by atoms with Crippen LogP contribution in [0.2, 0.25) is 0 Å². The van der Waals surface area contributed by atoms with E-state index in [1.165, 1.54) is 7.05 Å². The molecule has 0 aromatic carbocycles. The summed E-state index contributed by atoms with van der Waals surface area (Å²) in [5.74, 6) is -0.167. The number of nitrogens with one attached hydrogen (secondary N) is 2. The maximum Gasteiger partial charge on any atom is 0.260 e. The number of aromatic nitrogens is 3. The van der Waals surface area contributed by atoms with E-state index in [2.05, 4.69) is 36.3 Å². The number of hydrogen-bond acceptors (Lipinski definition) is 5. The normalized spacial score (nSPS) is 20.6. The Morgan fingerprint density at radius 2 is 2.29 bits per heavy atom. The van der Waals surface area contributed by atoms with Crippen LogP contribution < -0.4 is 10.0 Å². The minimum absolute atomic E-state index is 0.0585.